The summed E-state index contributed by atoms with van der Waals surface area (Å²) in [5.74, 6) is 0.471. The molecular weight excluding hydrogens is 256 g/mol. The van der Waals surface area contributed by atoms with E-state index in [9.17, 15) is 0 Å². The van der Waals surface area contributed by atoms with Crippen LogP contribution in [0.5, 0.6) is 0 Å². The number of aromatic nitrogens is 3. The second-order valence-electron chi connectivity index (χ2n) is 3.03. The highest BCUT2D eigenvalue weighted by atomic mass is 35.5. The van der Waals surface area contributed by atoms with Crippen LogP contribution in [0.3, 0.4) is 0 Å². The summed E-state index contributed by atoms with van der Waals surface area (Å²) in [6, 6.07) is 1.55. The molecule has 2 heterocycles. The predicted molar refractivity (Wildman–Crippen MR) is 61.1 cm³/mol. The molecule has 15 heavy (non-hydrogen) atoms. The van der Waals surface area contributed by atoms with Crippen molar-refractivity contribution in [3.8, 4) is 5.82 Å². The van der Waals surface area contributed by atoms with Crippen LogP contribution < -0.4 is 0 Å². The van der Waals surface area contributed by atoms with E-state index in [0.29, 0.717) is 15.9 Å². The van der Waals surface area contributed by atoms with Crippen LogP contribution in [0.2, 0.25) is 15.2 Å². The maximum atomic E-state index is 5.98. The van der Waals surface area contributed by atoms with Crippen LogP contribution >= 0.6 is 34.8 Å². The summed E-state index contributed by atoms with van der Waals surface area (Å²) < 4.78 is 1.56. The fourth-order valence-electron chi connectivity index (χ4n) is 1.12. The minimum absolute atomic E-state index is 0.212. The third kappa shape index (κ3) is 2.09. The number of hydrogen-bond acceptors (Lipinski definition) is 2. The van der Waals surface area contributed by atoms with Crippen LogP contribution in [0.25, 0.3) is 5.82 Å². The van der Waals surface area contributed by atoms with Gasteiger partial charge in [0.25, 0.3) is 0 Å². The summed E-state index contributed by atoms with van der Waals surface area (Å²) in [7, 11) is 0. The molecule has 2 rings (SSSR count). The van der Waals surface area contributed by atoms with Gasteiger partial charge in [-0.25, -0.2) is 9.67 Å². The third-order valence-corrected chi connectivity index (χ3v) is 2.75. The van der Waals surface area contributed by atoms with Gasteiger partial charge in [-0.05, 0) is 18.6 Å². The Labute approximate surface area is 102 Å². The van der Waals surface area contributed by atoms with Crippen LogP contribution in [0.15, 0.2) is 18.5 Å². The first-order valence-corrected chi connectivity index (χ1v) is 5.24. The van der Waals surface area contributed by atoms with Crippen molar-refractivity contribution in [1.82, 2.24) is 14.8 Å². The molecule has 0 aromatic carbocycles. The summed E-state index contributed by atoms with van der Waals surface area (Å²) in [5, 5.41) is 5.04. The van der Waals surface area contributed by atoms with Gasteiger partial charge in [-0.1, -0.05) is 34.8 Å². The molecule has 0 atom stereocenters. The van der Waals surface area contributed by atoms with Gasteiger partial charge in [0.2, 0.25) is 0 Å². The number of nitrogens with zero attached hydrogens (tertiary/aromatic N) is 3. The zero-order chi connectivity index (χ0) is 11.0. The lowest BCUT2D eigenvalue weighted by molar-refractivity contribution is 0.847. The number of rotatable bonds is 1. The lowest BCUT2D eigenvalue weighted by Crippen LogP contribution is -1.99. The maximum absolute atomic E-state index is 5.98. The number of hydrogen-bond donors (Lipinski definition) is 0. The SMILES string of the molecule is Cc1cnn(-c2nc(Cl)c(Cl)cc2Cl)c1. The van der Waals surface area contributed by atoms with Crippen molar-refractivity contribution in [2.45, 2.75) is 6.92 Å². The molecule has 2 aromatic heterocycles. The highest BCUT2D eigenvalue weighted by molar-refractivity contribution is 6.42. The molecule has 0 radical (unpaired) electrons. The Kier molecular flexibility index (Phi) is 2.87. The Morgan fingerprint density at radius 3 is 2.53 bits per heavy atom. The lowest BCUT2D eigenvalue weighted by Gasteiger charge is -2.04. The van der Waals surface area contributed by atoms with Gasteiger partial charge in [0.1, 0.15) is 5.15 Å². The molecule has 0 aliphatic carbocycles. The molecular formula is C9H6Cl3N3. The number of pyridine rings is 1. The van der Waals surface area contributed by atoms with Crippen molar-refractivity contribution in [2.75, 3.05) is 0 Å². The molecule has 0 saturated heterocycles. The lowest BCUT2D eigenvalue weighted by atomic mass is 10.4. The molecule has 0 spiro atoms. The van der Waals surface area contributed by atoms with E-state index in [0.717, 1.165) is 5.56 Å². The largest absolute Gasteiger partial charge is 0.221 e. The van der Waals surface area contributed by atoms with Crippen molar-refractivity contribution in [1.29, 1.82) is 0 Å². The molecule has 0 saturated carbocycles. The van der Waals surface area contributed by atoms with E-state index in [4.69, 9.17) is 34.8 Å². The average Bonchev–Trinajstić information content (AvgIpc) is 2.58. The second-order valence-corrected chi connectivity index (χ2v) is 4.20. The van der Waals surface area contributed by atoms with Crippen molar-refractivity contribution < 1.29 is 0 Å². The monoisotopic (exact) mass is 261 g/mol. The molecule has 3 nitrogen and oxygen atoms in total. The van der Waals surface area contributed by atoms with E-state index in [-0.39, 0.29) is 5.15 Å². The topological polar surface area (TPSA) is 30.7 Å². The molecule has 0 N–H and O–H groups in total. The highest BCUT2D eigenvalue weighted by Gasteiger charge is 2.10. The summed E-state index contributed by atoms with van der Waals surface area (Å²) in [6.45, 7) is 1.93. The van der Waals surface area contributed by atoms with E-state index in [1.807, 2.05) is 6.92 Å². The maximum Gasteiger partial charge on any atom is 0.173 e. The van der Waals surface area contributed by atoms with E-state index >= 15 is 0 Å². The molecule has 0 fully saturated rings. The van der Waals surface area contributed by atoms with Gasteiger partial charge in [0.05, 0.1) is 16.2 Å². The highest BCUT2D eigenvalue weighted by Crippen LogP contribution is 2.27. The van der Waals surface area contributed by atoms with Gasteiger partial charge >= 0.3 is 0 Å². The normalized spacial score (nSPS) is 10.7. The molecule has 0 unspecified atom stereocenters. The summed E-state index contributed by atoms with van der Waals surface area (Å²) in [5.41, 5.74) is 1.01. The van der Waals surface area contributed by atoms with Crippen molar-refractivity contribution in [3.63, 3.8) is 0 Å². The van der Waals surface area contributed by atoms with Crippen LogP contribution in [-0.2, 0) is 0 Å². The Morgan fingerprint density at radius 1 is 1.20 bits per heavy atom. The van der Waals surface area contributed by atoms with Gasteiger partial charge in [-0.2, -0.15) is 5.10 Å². The Balaban J connectivity index is 2.58. The average molecular weight is 263 g/mol. The third-order valence-electron chi connectivity index (χ3n) is 1.80. The standard InChI is InChI=1S/C9H6Cl3N3/c1-5-3-13-15(4-5)9-7(11)2-6(10)8(12)14-9/h2-4H,1H3. The fraction of sp³-hybridized carbons (Fsp3) is 0.111. The zero-order valence-electron chi connectivity index (χ0n) is 7.71. The van der Waals surface area contributed by atoms with Crippen LogP contribution in [-0.4, -0.2) is 14.8 Å². The van der Waals surface area contributed by atoms with Gasteiger partial charge in [-0.15, -0.1) is 0 Å². The van der Waals surface area contributed by atoms with Crippen molar-refractivity contribution >= 4 is 34.8 Å². The van der Waals surface area contributed by atoms with Crippen LogP contribution in [0.4, 0.5) is 0 Å². The summed E-state index contributed by atoms with van der Waals surface area (Å²) in [6.07, 6.45) is 3.51. The first-order valence-electron chi connectivity index (χ1n) is 4.11. The number of halogens is 3. The Morgan fingerprint density at radius 2 is 1.93 bits per heavy atom. The smallest absolute Gasteiger partial charge is 0.173 e. The zero-order valence-corrected chi connectivity index (χ0v) is 9.98. The predicted octanol–water partition coefficient (Wildman–Crippen LogP) is 3.54. The van der Waals surface area contributed by atoms with Crippen LogP contribution in [0.1, 0.15) is 5.56 Å². The second kappa shape index (κ2) is 4.00. The first kappa shape index (κ1) is 10.7. The van der Waals surface area contributed by atoms with Gasteiger partial charge < -0.3 is 0 Å². The van der Waals surface area contributed by atoms with E-state index in [1.54, 1.807) is 23.1 Å². The summed E-state index contributed by atoms with van der Waals surface area (Å²) in [4.78, 5) is 4.06. The molecule has 6 heteroatoms. The van der Waals surface area contributed by atoms with Gasteiger partial charge in [-0.3, -0.25) is 0 Å². The Bertz CT molecular complexity index is 507. The first-order chi connectivity index (χ1) is 7.08. The van der Waals surface area contributed by atoms with Crippen molar-refractivity contribution in [2.24, 2.45) is 0 Å². The van der Waals surface area contributed by atoms with E-state index in [1.165, 1.54) is 0 Å². The minimum atomic E-state index is 0.212. The van der Waals surface area contributed by atoms with Gasteiger partial charge in [0, 0.05) is 6.20 Å². The molecule has 0 aliphatic rings. The fourth-order valence-corrected chi connectivity index (χ4v) is 1.70. The van der Waals surface area contributed by atoms with Gasteiger partial charge in [0.15, 0.2) is 5.82 Å². The molecule has 0 aliphatic heterocycles. The van der Waals surface area contributed by atoms with Crippen molar-refractivity contribution in [3.05, 3.63) is 39.2 Å². The summed E-state index contributed by atoms with van der Waals surface area (Å²) >= 11 is 17.5. The molecule has 2 aromatic rings. The molecule has 0 bridgehead atoms. The minimum Gasteiger partial charge on any atom is -0.221 e. The van der Waals surface area contributed by atoms with E-state index < -0.39 is 0 Å². The van der Waals surface area contributed by atoms with E-state index in [2.05, 4.69) is 10.1 Å². The van der Waals surface area contributed by atoms with Crippen LogP contribution in [0, 0.1) is 6.92 Å². The Hall–Kier alpha value is -0.770. The number of aryl methyl sites for hydroxylation is 1. The molecule has 0 amide bonds. The quantitative estimate of drug-likeness (QED) is 0.736. The molecule has 78 valence electrons.